The maximum absolute atomic E-state index is 4.07. The maximum Gasteiger partial charge on any atom is 0.209 e. The summed E-state index contributed by atoms with van der Waals surface area (Å²) >= 11 is 3.32. The third kappa shape index (κ3) is 3.95. The van der Waals surface area contributed by atoms with E-state index in [1.807, 2.05) is 17.8 Å². The quantitative estimate of drug-likeness (QED) is 0.405. The van der Waals surface area contributed by atoms with Crippen LogP contribution in [0.25, 0.3) is 11.1 Å². The van der Waals surface area contributed by atoms with Crippen LogP contribution in [0.2, 0.25) is 0 Å². The van der Waals surface area contributed by atoms with E-state index in [1.54, 1.807) is 5.51 Å². The second-order valence-corrected chi connectivity index (χ2v) is 7.53. The van der Waals surface area contributed by atoms with Crippen molar-refractivity contribution in [1.29, 1.82) is 0 Å². The van der Waals surface area contributed by atoms with Gasteiger partial charge in [0.1, 0.15) is 5.51 Å². The van der Waals surface area contributed by atoms with E-state index in [0.29, 0.717) is 0 Å². The van der Waals surface area contributed by atoms with Crippen LogP contribution < -0.4 is 5.32 Å². The molecule has 0 unspecified atom stereocenters. The summed E-state index contributed by atoms with van der Waals surface area (Å²) in [6.07, 6.45) is 0. The number of benzene rings is 3. The minimum atomic E-state index is 0.808. The summed E-state index contributed by atoms with van der Waals surface area (Å²) in [6.45, 7) is 0. The van der Waals surface area contributed by atoms with E-state index in [-0.39, 0.29) is 0 Å². The van der Waals surface area contributed by atoms with Gasteiger partial charge in [0.05, 0.1) is 5.69 Å². The highest BCUT2D eigenvalue weighted by atomic mass is 32.2. The molecular formula is C21H17N3S2. The first kappa shape index (κ1) is 16.8. The van der Waals surface area contributed by atoms with E-state index in [2.05, 4.69) is 88.3 Å². The summed E-state index contributed by atoms with van der Waals surface area (Å²) in [6, 6.07) is 27.5. The lowest BCUT2D eigenvalue weighted by atomic mass is 10.0. The average Bonchev–Trinajstić information content (AvgIpc) is 3.21. The van der Waals surface area contributed by atoms with Gasteiger partial charge in [-0.1, -0.05) is 78.1 Å². The van der Waals surface area contributed by atoms with E-state index in [9.17, 15) is 0 Å². The zero-order chi connectivity index (χ0) is 17.6. The van der Waals surface area contributed by atoms with Crippen molar-refractivity contribution in [1.82, 2.24) is 10.2 Å². The maximum atomic E-state index is 4.07. The van der Waals surface area contributed by atoms with Crippen LogP contribution in [0.5, 0.6) is 0 Å². The lowest BCUT2D eigenvalue weighted by Gasteiger charge is -2.12. The van der Waals surface area contributed by atoms with Crippen molar-refractivity contribution in [2.24, 2.45) is 0 Å². The van der Waals surface area contributed by atoms with Gasteiger partial charge >= 0.3 is 0 Å². The number of rotatable bonds is 6. The van der Waals surface area contributed by atoms with Gasteiger partial charge < -0.3 is 5.32 Å². The zero-order valence-corrected chi connectivity index (χ0v) is 15.6. The van der Waals surface area contributed by atoms with Crippen LogP contribution >= 0.6 is 23.1 Å². The molecule has 3 aromatic carbocycles. The fourth-order valence-corrected chi connectivity index (χ4v) is 4.21. The van der Waals surface area contributed by atoms with E-state index in [0.717, 1.165) is 16.6 Å². The molecule has 0 aliphatic rings. The number of nitrogens with zero attached hydrogens (tertiary/aromatic N) is 2. The Morgan fingerprint density at radius 1 is 0.846 bits per heavy atom. The highest BCUT2D eigenvalue weighted by Gasteiger charge is 2.08. The number of hydrogen-bond acceptors (Lipinski definition) is 5. The molecule has 0 aliphatic carbocycles. The normalized spacial score (nSPS) is 10.6. The van der Waals surface area contributed by atoms with Crippen LogP contribution in [0.4, 0.5) is 10.8 Å². The molecule has 1 aromatic heterocycles. The Morgan fingerprint density at radius 3 is 2.46 bits per heavy atom. The average molecular weight is 376 g/mol. The molecule has 0 radical (unpaired) electrons. The smallest absolute Gasteiger partial charge is 0.209 e. The Hall–Kier alpha value is -2.63. The van der Waals surface area contributed by atoms with Gasteiger partial charge in [0.2, 0.25) is 5.13 Å². The van der Waals surface area contributed by atoms with E-state index in [4.69, 9.17) is 0 Å². The third-order valence-electron chi connectivity index (χ3n) is 3.97. The standard InChI is InChI=1S/C21H17N3S2/c1-2-8-16(9-3-1)18-11-5-4-10-17(18)14-25-20-13-7-6-12-19(20)23-21-24-22-15-26-21/h1-13,15H,14H2,(H,23,24). The highest BCUT2D eigenvalue weighted by molar-refractivity contribution is 7.98. The number of anilines is 2. The molecule has 0 atom stereocenters. The van der Waals surface area contributed by atoms with Crippen LogP contribution in [0.15, 0.2) is 89.3 Å². The number of aromatic nitrogens is 2. The van der Waals surface area contributed by atoms with Crippen LogP contribution in [0.3, 0.4) is 0 Å². The molecule has 0 saturated carbocycles. The van der Waals surface area contributed by atoms with Gasteiger partial charge in [-0.3, -0.25) is 0 Å². The lowest BCUT2D eigenvalue weighted by molar-refractivity contribution is 1.09. The van der Waals surface area contributed by atoms with Gasteiger partial charge in [0.15, 0.2) is 0 Å². The molecule has 1 N–H and O–H groups in total. The van der Waals surface area contributed by atoms with Crippen molar-refractivity contribution < 1.29 is 0 Å². The van der Waals surface area contributed by atoms with Crippen molar-refractivity contribution in [2.45, 2.75) is 10.6 Å². The molecule has 4 rings (SSSR count). The van der Waals surface area contributed by atoms with E-state index < -0.39 is 0 Å². The first-order chi connectivity index (χ1) is 12.9. The molecule has 0 bridgehead atoms. The van der Waals surface area contributed by atoms with Crippen LogP contribution in [-0.4, -0.2) is 10.2 Å². The predicted molar refractivity (Wildman–Crippen MR) is 111 cm³/mol. The van der Waals surface area contributed by atoms with E-state index in [1.165, 1.54) is 32.9 Å². The van der Waals surface area contributed by atoms with Crippen molar-refractivity contribution in [2.75, 3.05) is 5.32 Å². The zero-order valence-electron chi connectivity index (χ0n) is 14.0. The van der Waals surface area contributed by atoms with Gasteiger partial charge in [0.25, 0.3) is 0 Å². The molecule has 5 heteroatoms. The SMILES string of the molecule is c1ccc(-c2ccccc2CSc2ccccc2Nc2nncs2)cc1. The van der Waals surface area contributed by atoms with Gasteiger partial charge in [-0.15, -0.1) is 22.0 Å². The molecule has 0 amide bonds. The van der Waals surface area contributed by atoms with Gasteiger partial charge in [-0.25, -0.2) is 0 Å². The second kappa shape index (κ2) is 8.17. The Morgan fingerprint density at radius 2 is 1.62 bits per heavy atom. The molecule has 0 fully saturated rings. The predicted octanol–water partition coefficient (Wildman–Crippen LogP) is 6.24. The number of thioether (sulfide) groups is 1. The summed E-state index contributed by atoms with van der Waals surface area (Å²) in [4.78, 5) is 1.20. The molecule has 26 heavy (non-hydrogen) atoms. The topological polar surface area (TPSA) is 37.8 Å². The van der Waals surface area contributed by atoms with Crippen molar-refractivity contribution in [3.8, 4) is 11.1 Å². The Labute approximate surface area is 161 Å². The first-order valence-corrected chi connectivity index (χ1v) is 10.1. The van der Waals surface area contributed by atoms with Gasteiger partial charge in [0, 0.05) is 10.6 Å². The number of hydrogen-bond donors (Lipinski definition) is 1. The molecule has 0 aliphatic heterocycles. The van der Waals surface area contributed by atoms with Crippen molar-refractivity contribution in [3.63, 3.8) is 0 Å². The summed E-state index contributed by atoms with van der Waals surface area (Å²) in [5.74, 6) is 0.903. The number of nitrogens with one attached hydrogen (secondary N) is 1. The summed E-state index contributed by atoms with van der Waals surface area (Å²) < 4.78 is 0. The Kier molecular flexibility index (Phi) is 5.28. The third-order valence-corrected chi connectivity index (χ3v) is 5.70. The molecule has 0 saturated heterocycles. The monoisotopic (exact) mass is 375 g/mol. The molecular weight excluding hydrogens is 358 g/mol. The molecule has 4 aromatic rings. The highest BCUT2D eigenvalue weighted by Crippen LogP contribution is 2.34. The van der Waals surface area contributed by atoms with E-state index >= 15 is 0 Å². The Balaban J connectivity index is 1.56. The molecule has 1 heterocycles. The first-order valence-electron chi connectivity index (χ1n) is 8.28. The van der Waals surface area contributed by atoms with Crippen LogP contribution in [-0.2, 0) is 5.75 Å². The molecule has 128 valence electrons. The second-order valence-electron chi connectivity index (χ2n) is 5.68. The van der Waals surface area contributed by atoms with Crippen LogP contribution in [0, 0.1) is 0 Å². The minimum Gasteiger partial charge on any atom is -0.329 e. The lowest BCUT2D eigenvalue weighted by Crippen LogP contribution is -1.93. The fraction of sp³-hybridized carbons (Fsp3) is 0.0476. The van der Waals surface area contributed by atoms with Gasteiger partial charge in [-0.05, 0) is 28.8 Å². The summed E-state index contributed by atoms with van der Waals surface area (Å²) in [5.41, 5.74) is 6.66. The minimum absolute atomic E-state index is 0.808. The summed E-state index contributed by atoms with van der Waals surface area (Å²) in [5, 5.41) is 12.1. The molecule has 0 spiro atoms. The molecule has 3 nitrogen and oxygen atoms in total. The van der Waals surface area contributed by atoms with Crippen LogP contribution in [0.1, 0.15) is 5.56 Å². The summed E-state index contributed by atoms with van der Waals surface area (Å²) in [7, 11) is 0. The fourth-order valence-electron chi connectivity index (χ4n) is 2.74. The Bertz CT molecular complexity index is 969. The van der Waals surface area contributed by atoms with Crippen molar-refractivity contribution >= 4 is 33.9 Å². The number of para-hydroxylation sites is 1. The van der Waals surface area contributed by atoms with Gasteiger partial charge in [-0.2, -0.15) is 0 Å². The largest absolute Gasteiger partial charge is 0.329 e. The van der Waals surface area contributed by atoms with Crippen molar-refractivity contribution in [3.05, 3.63) is 89.9 Å².